The second kappa shape index (κ2) is 19.6. The van der Waals surface area contributed by atoms with Crippen LogP contribution in [0, 0.1) is 5.82 Å². The number of rotatable bonds is 21. The summed E-state index contributed by atoms with van der Waals surface area (Å²) < 4.78 is 31.6. The first kappa shape index (κ1) is 37.4. The Morgan fingerprint density at radius 2 is 1.46 bits per heavy atom. The van der Waals surface area contributed by atoms with Crippen molar-refractivity contribution in [1.82, 2.24) is 5.32 Å². The third-order valence-electron chi connectivity index (χ3n) is 8.17. The number of ether oxygens (including phenoxy) is 3. The molecule has 0 radical (unpaired) electrons. The SMILES string of the molecule is COc1ccc(-c2cc(OCCCCCCc3cccc(OCCCC(=O)O)c3CCC(=O)O)cc(C(=O)NCc3ccccc3)c2)cc1F. The number of carboxylic acids is 2. The van der Waals surface area contributed by atoms with E-state index in [2.05, 4.69) is 5.32 Å². The molecule has 4 aromatic carbocycles. The topological polar surface area (TPSA) is 131 Å². The number of nitrogens with one attached hydrogen (secondary N) is 1. The van der Waals surface area contributed by atoms with Gasteiger partial charge in [0, 0.05) is 24.9 Å². The van der Waals surface area contributed by atoms with Gasteiger partial charge in [0.1, 0.15) is 11.5 Å². The zero-order valence-corrected chi connectivity index (χ0v) is 28.3. The third kappa shape index (κ3) is 11.9. The van der Waals surface area contributed by atoms with Crippen molar-refractivity contribution in [2.45, 2.75) is 64.3 Å². The smallest absolute Gasteiger partial charge is 0.303 e. The Kier molecular flexibility index (Phi) is 14.7. The second-order valence-electron chi connectivity index (χ2n) is 11.9. The minimum atomic E-state index is -0.890. The normalized spacial score (nSPS) is 10.8. The summed E-state index contributed by atoms with van der Waals surface area (Å²) in [6, 6.07) is 25.1. The lowest BCUT2D eigenvalue weighted by atomic mass is 9.97. The number of hydrogen-bond donors (Lipinski definition) is 3. The van der Waals surface area contributed by atoms with Crippen LogP contribution in [0.5, 0.6) is 17.2 Å². The van der Waals surface area contributed by atoms with Gasteiger partial charge in [0.2, 0.25) is 0 Å². The van der Waals surface area contributed by atoms with Gasteiger partial charge in [-0.25, -0.2) is 4.39 Å². The lowest BCUT2D eigenvalue weighted by Gasteiger charge is -2.15. The van der Waals surface area contributed by atoms with E-state index in [1.807, 2.05) is 42.5 Å². The molecule has 3 N–H and O–H groups in total. The van der Waals surface area contributed by atoms with Crippen molar-refractivity contribution >= 4 is 17.8 Å². The van der Waals surface area contributed by atoms with Crippen LogP contribution in [-0.2, 0) is 29.0 Å². The van der Waals surface area contributed by atoms with E-state index in [0.29, 0.717) is 54.2 Å². The van der Waals surface area contributed by atoms with Crippen molar-refractivity contribution in [3.63, 3.8) is 0 Å². The third-order valence-corrected chi connectivity index (χ3v) is 8.17. The molecule has 0 aliphatic rings. The number of aliphatic carboxylic acids is 2. The monoisotopic (exact) mass is 685 g/mol. The zero-order valence-electron chi connectivity index (χ0n) is 28.3. The maximum absolute atomic E-state index is 14.6. The minimum absolute atomic E-state index is 0.00715. The molecule has 4 aromatic rings. The highest BCUT2D eigenvalue weighted by Gasteiger charge is 2.14. The van der Waals surface area contributed by atoms with E-state index in [1.165, 1.54) is 13.2 Å². The summed E-state index contributed by atoms with van der Waals surface area (Å²) in [6.45, 7) is 1.03. The Morgan fingerprint density at radius 1 is 0.700 bits per heavy atom. The fourth-order valence-corrected chi connectivity index (χ4v) is 5.57. The number of hydrogen-bond acceptors (Lipinski definition) is 6. The number of benzene rings is 4. The Labute approximate surface area is 292 Å². The molecule has 9 nitrogen and oxygen atoms in total. The van der Waals surface area contributed by atoms with Gasteiger partial charge < -0.3 is 29.7 Å². The van der Waals surface area contributed by atoms with Crippen molar-refractivity contribution < 1.29 is 43.2 Å². The molecule has 50 heavy (non-hydrogen) atoms. The molecule has 0 saturated heterocycles. The van der Waals surface area contributed by atoms with Gasteiger partial charge in [-0.15, -0.1) is 0 Å². The van der Waals surface area contributed by atoms with Crippen LogP contribution in [0.3, 0.4) is 0 Å². The number of unbranched alkanes of at least 4 members (excludes halogenated alkanes) is 3. The quantitative estimate of drug-likeness (QED) is 0.0756. The van der Waals surface area contributed by atoms with Crippen LogP contribution in [0.25, 0.3) is 11.1 Å². The minimum Gasteiger partial charge on any atom is -0.494 e. The summed E-state index contributed by atoms with van der Waals surface area (Å²) in [5.41, 5.74) is 4.48. The van der Waals surface area contributed by atoms with Crippen LogP contribution in [0.4, 0.5) is 4.39 Å². The lowest BCUT2D eigenvalue weighted by Crippen LogP contribution is -2.22. The number of methoxy groups -OCH3 is 1. The summed E-state index contributed by atoms with van der Waals surface area (Å²) in [5, 5.41) is 21.1. The molecule has 0 aliphatic carbocycles. The molecule has 0 aliphatic heterocycles. The van der Waals surface area contributed by atoms with E-state index < -0.39 is 17.8 Å². The van der Waals surface area contributed by atoms with Gasteiger partial charge in [-0.05, 0) is 96.3 Å². The number of carbonyl (C=O) groups is 3. The van der Waals surface area contributed by atoms with Crippen LogP contribution in [0.1, 0.15) is 72.0 Å². The maximum atomic E-state index is 14.6. The van der Waals surface area contributed by atoms with Crippen LogP contribution in [0.2, 0.25) is 0 Å². The summed E-state index contributed by atoms with van der Waals surface area (Å²) in [5.74, 6) is -1.31. The van der Waals surface area contributed by atoms with Gasteiger partial charge in [0.15, 0.2) is 11.6 Å². The van der Waals surface area contributed by atoms with Crippen LogP contribution < -0.4 is 19.5 Å². The molecular weight excluding hydrogens is 641 g/mol. The molecule has 0 atom stereocenters. The molecule has 10 heteroatoms. The summed E-state index contributed by atoms with van der Waals surface area (Å²) >= 11 is 0. The fraction of sp³-hybridized carbons (Fsp3) is 0.325. The van der Waals surface area contributed by atoms with Crippen molar-refractivity contribution in [2.75, 3.05) is 20.3 Å². The van der Waals surface area contributed by atoms with Crippen molar-refractivity contribution in [3.05, 3.63) is 113 Å². The second-order valence-corrected chi connectivity index (χ2v) is 11.9. The van der Waals surface area contributed by atoms with Crippen molar-refractivity contribution in [3.8, 4) is 28.4 Å². The first-order valence-electron chi connectivity index (χ1n) is 16.8. The Morgan fingerprint density at radius 3 is 2.20 bits per heavy atom. The van der Waals surface area contributed by atoms with Crippen molar-refractivity contribution in [1.29, 1.82) is 0 Å². The number of amides is 1. The van der Waals surface area contributed by atoms with E-state index in [9.17, 15) is 23.9 Å². The van der Waals surface area contributed by atoms with Gasteiger partial charge in [0.05, 0.1) is 20.3 Å². The first-order chi connectivity index (χ1) is 24.2. The number of halogens is 1. The van der Waals surface area contributed by atoms with E-state index >= 15 is 0 Å². The van der Waals surface area contributed by atoms with E-state index in [-0.39, 0.29) is 31.1 Å². The Hall–Kier alpha value is -5.38. The molecule has 1 amide bonds. The molecule has 0 unspecified atom stereocenters. The maximum Gasteiger partial charge on any atom is 0.303 e. The van der Waals surface area contributed by atoms with E-state index in [0.717, 1.165) is 48.8 Å². The first-order valence-corrected chi connectivity index (χ1v) is 16.8. The summed E-state index contributed by atoms with van der Waals surface area (Å²) in [4.78, 5) is 35.3. The molecule has 264 valence electrons. The standard InChI is InChI=1S/C40H44FNO8/c1-48-37-19-17-30(26-35(37)41)31-23-32(40(47)42-27-28-11-5-4-6-12-28)25-33(24-31)49-21-8-3-2-7-13-29-14-9-15-36(34(29)18-20-39(45)46)50-22-10-16-38(43)44/h4-6,9,11-12,14-15,17,19,23-26H,2-3,7-8,10,13,16,18,20-22,27H2,1H3,(H,42,47)(H,43,44)(H,45,46). The zero-order chi connectivity index (χ0) is 35.7. The summed E-state index contributed by atoms with van der Waals surface area (Å²) in [7, 11) is 1.41. The molecular formula is C40H44FNO8. The van der Waals surface area contributed by atoms with E-state index in [1.54, 1.807) is 36.4 Å². The van der Waals surface area contributed by atoms with Gasteiger partial charge >= 0.3 is 11.9 Å². The number of carboxylic acid groups (broad SMARTS) is 2. The van der Waals surface area contributed by atoms with Crippen LogP contribution >= 0.6 is 0 Å². The number of carbonyl (C=O) groups excluding carboxylic acids is 1. The van der Waals surface area contributed by atoms with Crippen molar-refractivity contribution in [2.24, 2.45) is 0 Å². The van der Waals surface area contributed by atoms with Gasteiger partial charge in [-0.2, -0.15) is 0 Å². The number of aryl methyl sites for hydroxylation is 1. The predicted molar refractivity (Wildman–Crippen MR) is 188 cm³/mol. The Bertz CT molecular complexity index is 1730. The summed E-state index contributed by atoms with van der Waals surface area (Å²) in [6.07, 6.45) is 4.91. The molecule has 0 aromatic heterocycles. The van der Waals surface area contributed by atoms with Crippen LogP contribution in [-0.4, -0.2) is 48.4 Å². The largest absolute Gasteiger partial charge is 0.494 e. The lowest BCUT2D eigenvalue weighted by molar-refractivity contribution is -0.138. The molecule has 0 fully saturated rings. The predicted octanol–water partition coefficient (Wildman–Crippen LogP) is 7.87. The molecule has 0 bridgehead atoms. The molecule has 0 saturated carbocycles. The molecule has 4 rings (SSSR count). The average molecular weight is 686 g/mol. The molecule has 0 heterocycles. The van der Waals surface area contributed by atoms with Gasteiger partial charge in [-0.1, -0.05) is 61.4 Å². The highest BCUT2D eigenvalue weighted by molar-refractivity contribution is 5.96. The fourth-order valence-electron chi connectivity index (χ4n) is 5.57. The highest BCUT2D eigenvalue weighted by atomic mass is 19.1. The average Bonchev–Trinajstić information content (AvgIpc) is 3.11. The van der Waals surface area contributed by atoms with E-state index in [4.69, 9.17) is 19.3 Å². The van der Waals surface area contributed by atoms with Crippen LogP contribution in [0.15, 0.2) is 84.9 Å². The Balaban J connectivity index is 1.34. The highest BCUT2D eigenvalue weighted by Crippen LogP contribution is 2.30. The van der Waals surface area contributed by atoms with Gasteiger partial charge in [0.25, 0.3) is 5.91 Å². The van der Waals surface area contributed by atoms with Gasteiger partial charge in [-0.3, -0.25) is 14.4 Å². The molecule has 0 spiro atoms.